The van der Waals surface area contributed by atoms with Gasteiger partial charge in [0.25, 0.3) is 11.5 Å². The molecule has 2 aromatic heterocycles. The number of ether oxygens (including phenoxy) is 1. The van der Waals surface area contributed by atoms with E-state index in [1.165, 1.54) is 22.8 Å². The van der Waals surface area contributed by atoms with Crippen molar-refractivity contribution in [2.75, 3.05) is 11.1 Å². The van der Waals surface area contributed by atoms with E-state index in [1.807, 2.05) is 19.1 Å². The van der Waals surface area contributed by atoms with E-state index in [9.17, 15) is 14.0 Å². The van der Waals surface area contributed by atoms with E-state index in [0.29, 0.717) is 5.69 Å². The number of benzene rings is 2. The number of rotatable bonds is 5. The zero-order valence-electron chi connectivity index (χ0n) is 17.3. The largest absolute Gasteiger partial charge is 0.437 e. The summed E-state index contributed by atoms with van der Waals surface area (Å²) in [4.78, 5) is 33.1. The number of anilines is 2. The van der Waals surface area contributed by atoms with Crippen molar-refractivity contribution in [3.8, 4) is 17.3 Å². The van der Waals surface area contributed by atoms with E-state index in [4.69, 9.17) is 22.1 Å². The third kappa shape index (κ3) is 4.68. The highest BCUT2D eigenvalue weighted by molar-refractivity contribution is 6.34. The number of carbonyl (C=O) groups is 1. The maximum Gasteiger partial charge on any atom is 0.267 e. The highest BCUT2D eigenvalue weighted by atomic mass is 35.5. The summed E-state index contributed by atoms with van der Waals surface area (Å²) in [6, 6.07) is 13.9. The van der Waals surface area contributed by atoms with Gasteiger partial charge in [0.2, 0.25) is 5.88 Å². The van der Waals surface area contributed by atoms with E-state index < -0.39 is 17.3 Å². The Morgan fingerprint density at radius 2 is 1.91 bits per heavy atom. The molecule has 4 rings (SSSR count). The normalized spacial score (nSPS) is 10.6. The van der Waals surface area contributed by atoms with Gasteiger partial charge in [0.1, 0.15) is 34.3 Å². The second-order valence-corrected chi connectivity index (χ2v) is 7.39. The molecule has 0 fully saturated rings. The van der Waals surface area contributed by atoms with Crippen molar-refractivity contribution in [2.45, 2.75) is 6.92 Å². The number of nitrogens with two attached hydrogens (primary N) is 1. The number of nitrogens with zero attached hydrogens (tertiary/aromatic N) is 3. The van der Waals surface area contributed by atoms with E-state index in [1.54, 1.807) is 24.4 Å². The van der Waals surface area contributed by atoms with Gasteiger partial charge in [0.05, 0.1) is 5.69 Å². The number of nitrogen functional groups attached to an aromatic ring is 1. The Labute approximate surface area is 192 Å². The number of aromatic nitrogens is 3. The molecule has 0 aliphatic carbocycles. The molecule has 0 radical (unpaired) electrons. The monoisotopic (exact) mass is 465 g/mol. The van der Waals surface area contributed by atoms with Gasteiger partial charge in [0.15, 0.2) is 0 Å². The fourth-order valence-corrected chi connectivity index (χ4v) is 3.11. The SMILES string of the molecule is Cc1ccc(-n2cccc(C(=O)Nc3ccc(Oc4ncnc(N)c4Cl)cc3F)c2=O)cc1. The van der Waals surface area contributed by atoms with Crippen LogP contribution >= 0.6 is 11.6 Å². The Bertz CT molecular complexity index is 1410. The molecule has 0 atom stereocenters. The maximum atomic E-state index is 14.6. The van der Waals surface area contributed by atoms with Crippen LogP contribution in [0.4, 0.5) is 15.9 Å². The summed E-state index contributed by atoms with van der Waals surface area (Å²) in [5.41, 5.74) is 6.43. The first kappa shape index (κ1) is 22.0. The van der Waals surface area contributed by atoms with E-state index in [0.717, 1.165) is 18.0 Å². The first-order valence-electron chi connectivity index (χ1n) is 9.67. The summed E-state index contributed by atoms with van der Waals surface area (Å²) in [7, 11) is 0. The van der Waals surface area contributed by atoms with Gasteiger partial charge < -0.3 is 15.8 Å². The van der Waals surface area contributed by atoms with Crippen LogP contribution in [0.15, 0.2) is 71.9 Å². The number of halogens is 2. The molecule has 8 nitrogen and oxygen atoms in total. The molecule has 0 aliphatic heterocycles. The number of carbonyl (C=O) groups excluding carboxylic acids is 1. The fraction of sp³-hybridized carbons (Fsp3) is 0.0435. The van der Waals surface area contributed by atoms with Gasteiger partial charge in [-0.1, -0.05) is 29.3 Å². The molecular weight excluding hydrogens is 449 g/mol. The molecule has 3 N–H and O–H groups in total. The molecule has 166 valence electrons. The zero-order valence-corrected chi connectivity index (χ0v) is 18.0. The molecule has 2 aromatic carbocycles. The Morgan fingerprint density at radius 1 is 1.15 bits per heavy atom. The highest BCUT2D eigenvalue weighted by Crippen LogP contribution is 2.31. The van der Waals surface area contributed by atoms with Crippen LogP contribution in [0.3, 0.4) is 0 Å². The lowest BCUT2D eigenvalue weighted by Gasteiger charge is -2.11. The summed E-state index contributed by atoms with van der Waals surface area (Å²) in [6.07, 6.45) is 2.71. The standard InChI is InChI=1S/C23H17ClFN5O3/c1-13-4-6-14(7-5-13)30-10-2-3-16(23(30)32)21(31)29-18-9-8-15(11-17(18)25)33-22-19(24)20(26)27-12-28-22/h2-12H,1H3,(H,29,31)(H2,26,27,28). The van der Waals surface area contributed by atoms with E-state index in [-0.39, 0.29) is 33.7 Å². The summed E-state index contributed by atoms with van der Waals surface area (Å²) in [5.74, 6) is -1.48. The van der Waals surface area contributed by atoms with Crippen molar-refractivity contribution in [3.05, 3.63) is 99.4 Å². The average Bonchev–Trinajstić information content (AvgIpc) is 2.79. The molecule has 0 bridgehead atoms. The molecule has 0 spiro atoms. The summed E-state index contributed by atoms with van der Waals surface area (Å²) >= 11 is 5.97. The smallest absolute Gasteiger partial charge is 0.267 e. The molecule has 33 heavy (non-hydrogen) atoms. The predicted molar refractivity (Wildman–Crippen MR) is 123 cm³/mol. The molecule has 4 aromatic rings. The molecule has 0 saturated carbocycles. The predicted octanol–water partition coefficient (Wildman–Crippen LogP) is 4.36. The summed E-state index contributed by atoms with van der Waals surface area (Å²) in [5, 5.41) is 2.40. The topological polar surface area (TPSA) is 112 Å². The third-order valence-electron chi connectivity index (χ3n) is 4.69. The quantitative estimate of drug-likeness (QED) is 0.453. The number of nitrogens with one attached hydrogen (secondary N) is 1. The fourth-order valence-electron chi connectivity index (χ4n) is 2.98. The van der Waals surface area contributed by atoms with Crippen LogP contribution in [0.2, 0.25) is 5.02 Å². The van der Waals surface area contributed by atoms with Gasteiger partial charge in [0, 0.05) is 18.0 Å². The second-order valence-electron chi connectivity index (χ2n) is 7.01. The Hall–Kier alpha value is -4.24. The van der Waals surface area contributed by atoms with Crippen molar-refractivity contribution >= 4 is 29.0 Å². The first-order chi connectivity index (χ1) is 15.8. The van der Waals surface area contributed by atoms with Crippen molar-refractivity contribution in [2.24, 2.45) is 0 Å². The van der Waals surface area contributed by atoms with Crippen molar-refractivity contribution in [1.29, 1.82) is 0 Å². The van der Waals surface area contributed by atoms with Crippen molar-refractivity contribution < 1.29 is 13.9 Å². The van der Waals surface area contributed by atoms with Crippen LogP contribution in [-0.4, -0.2) is 20.4 Å². The Balaban J connectivity index is 1.55. The molecule has 0 aliphatic rings. The number of amides is 1. The third-order valence-corrected chi connectivity index (χ3v) is 5.05. The lowest BCUT2D eigenvalue weighted by Crippen LogP contribution is -2.28. The second kappa shape index (κ2) is 9.09. The molecule has 0 unspecified atom stereocenters. The summed E-state index contributed by atoms with van der Waals surface area (Å²) < 4.78 is 21.4. The van der Waals surface area contributed by atoms with Crippen LogP contribution in [0.5, 0.6) is 11.6 Å². The van der Waals surface area contributed by atoms with Gasteiger partial charge in [-0.05, 0) is 43.3 Å². The van der Waals surface area contributed by atoms with E-state index >= 15 is 0 Å². The van der Waals surface area contributed by atoms with Crippen molar-refractivity contribution in [3.63, 3.8) is 0 Å². The van der Waals surface area contributed by atoms with Crippen molar-refractivity contribution in [1.82, 2.24) is 14.5 Å². The lowest BCUT2D eigenvalue weighted by atomic mass is 10.2. The zero-order chi connectivity index (χ0) is 23.5. The van der Waals surface area contributed by atoms with E-state index in [2.05, 4.69) is 15.3 Å². The van der Waals surface area contributed by atoms with Gasteiger partial charge in [-0.3, -0.25) is 14.2 Å². The lowest BCUT2D eigenvalue weighted by molar-refractivity contribution is 0.102. The van der Waals surface area contributed by atoms with Gasteiger partial charge in [-0.25, -0.2) is 9.37 Å². The van der Waals surface area contributed by atoms with Crippen LogP contribution in [0.25, 0.3) is 5.69 Å². The van der Waals surface area contributed by atoms with Crippen LogP contribution in [0, 0.1) is 12.7 Å². The average molecular weight is 466 g/mol. The molecule has 1 amide bonds. The highest BCUT2D eigenvalue weighted by Gasteiger charge is 2.16. The first-order valence-corrected chi connectivity index (χ1v) is 10.0. The molecular formula is C23H17ClFN5O3. The van der Waals surface area contributed by atoms with Crippen LogP contribution in [-0.2, 0) is 0 Å². The molecule has 2 heterocycles. The number of hydrogen-bond donors (Lipinski definition) is 2. The minimum Gasteiger partial charge on any atom is -0.437 e. The Morgan fingerprint density at radius 3 is 2.64 bits per heavy atom. The van der Waals surface area contributed by atoms with Crippen LogP contribution < -0.4 is 21.3 Å². The number of hydrogen-bond acceptors (Lipinski definition) is 6. The summed E-state index contributed by atoms with van der Waals surface area (Å²) in [6.45, 7) is 1.93. The Kier molecular flexibility index (Phi) is 6.05. The minimum atomic E-state index is -0.784. The van der Waals surface area contributed by atoms with Gasteiger partial charge >= 0.3 is 0 Å². The molecule has 0 saturated heterocycles. The molecule has 10 heteroatoms. The van der Waals surface area contributed by atoms with Gasteiger partial charge in [-0.15, -0.1) is 0 Å². The number of pyridine rings is 1. The maximum absolute atomic E-state index is 14.6. The number of aryl methyl sites for hydroxylation is 1. The minimum absolute atomic E-state index is 0.00998. The van der Waals surface area contributed by atoms with Gasteiger partial charge in [-0.2, -0.15) is 4.98 Å². The van der Waals surface area contributed by atoms with Crippen LogP contribution in [0.1, 0.15) is 15.9 Å².